The average Bonchev–Trinajstić information content (AvgIpc) is 3.61. The summed E-state index contributed by atoms with van der Waals surface area (Å²) in [6, 6.07) is 15.1. The maximum atomic E-state index is 15.1. The van der Waals surface area contributed by atoms with Crippen LogP contribution in [-0.2, 0) is 16.0 Å². The Morgan fingerprint density at radius 3 is 2.39 bits per heavy atom. The highest BCUT2D eigenvalue weighted by atomic mass is 19.1. The SMILES string of the molecule is CCc1ccc([C@H](C(=O)NC2CCCC2)N(C(=O)CNC(=O)c2ccco2)c2ccccc2F)cc1. The molecule has 0 unspecified atom stereocenters. The van der Waals surface area contributed by atoms with Crippen LogP contribution in [0.5, 0.6) is 0 Å². The van der Waals surface area contributed by atoms with E-state index in [0.29, 0.717) is 5.56 Å². The quantitative estimate of drug-likeness (QED) is 0.460. The molecule has 1 aliphatic carbocycles. The molecule has 0 spiro atoms. The normalized spacial score (nSPS) is 14.3. The Balaban J connectivity index is 1.70. The fourth-order valence-electron chi connectivity index (χ4n) is 4.50. The van der Waals surface area contributed by atoms with Gasteiger partial charge in [0, 0.05) is 6.04 Å². The van der Waals surface area contributed by atoms with Gasteiger partial charge >= 0.3 is 0 Å². The molecule has 1 heterocycles. The number of benzene rings is 2. The van der Waals surface area contributed by atoms with E-state index < -0.39 is 30.2 Å². The number of aryl methyl sites for hydroxylation is 1. The molecule has 188 valence electrons. The topological polar surface area (TPSA) is 91.7 Å². The lowest BCUT2D eigenvalue weighted by atomic mass is 10.00. The molecule has 3 aromatic rings. The average molecular weight is 492 g/mol. The van der Waals surface area contributed by atoms with Crippen molar-refractivity contribution in [1.82, 2.24) is 10.6 Å². The van der Waals surface area contributed by atoms with Crippen molar-refractivity contribution in [3.63, 3.8) is 0 Å². The highest BCUT2D eigenvalue weighted by Gasteiger charge is 2.35. The molecule has 0 saturated heterocycles. The zero-order valence-electron chi connectivity index (χ0n) is 20.2. The van der Waals surface area contributed by atoms with E-state index in [1.54, 1.807) is 24.3 Å². The molecule has 1 aromatic heterocycles. The molecular formula is C28H30FN3O4. The number of hydrogen-bond donors (Lipinski definition) is 2. The van der Waals surface area contributed by atoms with Gasteiger partial charge in [-0.25, -0.2) is 4.39 Å². The Labute approximate surface area is 209 Å². The molecule has 3 amide bonds. The summed E-state index contributed by atoms with van der Waals surface area (Å²) in [7, 11) is 0. The zero-order valence-corrected chi connectivity index (χ0v) is 20.2. The van der Waals surface area contributed by atoms with E-state index in [4.69, 9.17) is 4.42 Å². The standard InChI is InChI=1S/C28H30FN3O4/c1-2-19-13-15-20(16-14-19)26(28(35)31-21-8-3-4-9-21)32(23-11-6-5-10-22(23)29)25(33)18-30-27(34)24-12-7-17-36-24/h5-7,10-17,21,26H,2-4,8-9,18H2,1H3,(H,30,34)(H,31,35)/t26-/m1/s1. The van der Waals surface area contributed by atoms with E-state index in [-0.39, 0.29) is 23.4 Å². The first-order chi connectivity index (χ1) is 17.5. The summed E-state index contributed by atoms with van der Waals surface area (Å²) in [5.74, 6) is -2.20. The summed E-state index contributed by atoms with van der Waals surface area (Å²) in [6.45, 7) is 1.57. The molecule has 8 heteroatoms. The Kier molecular flexibility index (Phi) is 8.15. The monoisotopic (exact) mass is 491 g/mol. The van der Waals surface area contributed by atoms with Crippen molar-refractivity contribution >= 4 is 23.4 Å². The van der Waals surface area contributed by atoms with E-state index >= 15 is 4.39 Å². The third-order valence-electron chi connectivity index (χ3n) is 6.44. The number of amides is 3. The van der Waals surface area contributed by atoms with Gasteiger partial charge in [-0.15, -0.1) is 0 Å². The number of nitrogens with one attached hydrogen (secondary N) is 2. The molecule has 1 atom stereocenters. The second-order valence-electron chi connectivity index (χ2n) is 8.86. The minimum Gasteiger partial charge on any atom is -0.459 e. The molecule has 2 N–H and O–H groups in total. The van der Waals surface area contributed by atoms with Gasteiger partial charge in [-0.3, -0.25) is 19.3 Å². The Morgan fingerprint density at radius 1 is 1.03 bits per heavy atom. The minimum atomic E-state index is -1.12. The molecule has 1 aliphatic rings. The Hall–Kier alpha value is -3.94. The Bertz CT molecular complexity index is 1190. The molecule has 7 nitrogen and oxygen atoms in total. The maximum absolute atomic E-state index is 15.1. The van der Waals surface area contributed by atoms with E-state index in [1.165, 1.54) is 30.5 Å². The first kappa shape index (κ1) is 25.2. The van der Waals surface area contributed by atoms with Gasteiger partial charge in [0.05, 0.1) is 18.5 Å². The largest absolute Gasteiger partial charge is 0.459 e. The lowest BCUT2D eigenvalue weighted by Crippen LogP contribution is -2.49. The lowest BCUT2D eigenvalue weighted by Gasteiger charge is -2.32. The third kappa shape index (κ3) is 5.82. The van der Waals surface area contributed by atoms with Crippen LogP contribution >= 0.6 is 0 Å². The fourth-order valence-corrected chi connectivity index (χ4v) is 4.50. The van der Waals surface area contributed by atoms with Crippen molar-refractivity contribution in [3.05, 3.63) is 89.6 Å². The van der Waals surface area contributed by atoms with Gasteiger partial charge in [-0.05, 0) is 54.7 Å². The van der Waals surface area contributed by atoms with Crippen molar-refractivity contribution in [2.45, 2.75) is 51.1 Å². The molecule has 0 aliphatic heterocycles. The minimum absolute atomic E-state index is 0.00569. The summed E-state index contributed by atoms with van der Waals surface area (Å²) in [5.41, 5.74) is 1.58. The fraction of sp³-hybridized carbons (Fsp3) is 0.321. The van der Waals surface area contributed by atoms with E-state index in [2.05, 4.69) is 10.6 Å². The van der Waals surface area contributed by atoms with Crippen molar-refractivity contribution in [3.8, 4) is 0 Å². The number of carbonyl (C=O) groups is 3. The summed E-state index contributed by atoms with van der Waals surface area (Å²) >= 11 is 0. The van der Waals surface area contributed by atoms with Gasteiger partial charge in [0.2, 0.25) is 11.8 Å². The molecule has 4 rings (SSSR count). The number of carbonyl (C=O) groups excluding carboxylic acids is 3. The van der Waals surface area contributed by atoms with E-state index in [1.807, 2.05) is 19.1 Å². The summed E-state index contributed by atoms with van der Waals surface area (Å²) in [5, 5.41) is 5.57. The number of halogens is 1. The van der Waals surface area contributed by atoms with Gasteiger partial charge in [0.15, 0.2) is 5.76 Å². The molecule has 1 saturated carbocycles. The smallest absolute Gasteiger partial charge is 0.287 e. The van der Waals surface area contributed by atoms with Gasteiger partial charge in [0.25, 0.3) is 5.91 Å². The van der Waals surface area contributed by atoms with Crippen LogP contribution in [-0.4, -0.2) is 30.3 Å². The molecule has 36 heavy (non-hydrogen) atoms. The zero-order chi connectivity index (χ0) is 25.5. The Morgan fingerprint density at radius 2 is 1.75 bits per heavy atom. The molecule has 1 fully saturated rings. The van der Waals surface area contributed by atoms with Crippen molar-refractivity contribution in [2.24, 2.45) is 0 Å². The highest BCUT2D eigenvalue weighted by Crippen LogP contribution is 2.31. The number of furan rings is 1. The summed E-state index contributed by atoms with van der Waals surface area (Å²) < 4.78 is 20.1. The molecule has 2 aromatic carbocycles. The van der Waals surface area contributed by atoms with Gasteiger partial charge in [-0.2, -0.15) is 0 Å². The second kappa shape index (κ2) is 11.7. The van der Waals surface area contributed by atoms with Crippen LogP contribution in [0, 0.1) is 5.82 Å². The van der Waals surface area contributed by atoms with Crippen LogP contribution in [0.4, 0.5) is 10.1 Å². The number of nitrogens with zero attached hydrogens (tertiary/aromatic N) is 1. The summed E-state index contributed by atoms with van der Waals surface area (Å²) in [6.07, 6.45) is 5.94. The highest BCUT2D eigenvalue weighted by molar-refractivity contribution is 6.04. The number of hydrogen-bond acceptors (Lipinski definition) is 4. The maximum Gasteiger partial charge on any atom is 0.287 e. The predicted molar refractivity (Wildman–Crippen MR) is 134 cm³/mol. The summed E-state index contributed by atoms with van der Waals surface area (Å²) in [4.78, 5) is 40.8. The van der Waals surface area contributed by atoms with Gasteiger partial charge < -0.3 is 15.1 Å². The van der Waals surface area contributed by atoms with Crippen molar-refractivity contribution < 1.29 is 23.2 Å². The van der Waals surface area contributed by atoms with Crippen molar-refractivity contribution in [1.29, 1.82) is 0 Å². The predicted octanol–water partition coefficient (Wildman–Crippen LogP) is 4.54. The number of rotatable bonds is 9. The first-order valence-electron chi connectivity index (χ1n) is 12.3. The van der Waals surface area contributed by atoms with Crippen LogP contribution in [0.1, 0.15) is 60.3 Å². The van der Waals surface area contributed by atoms with Crippen LogP contribution < -0.4 is 15.5 Å². The molecule has 0 radical (unpaired) electrons. The van der Waals surface area contributed by atoms with Crippen LogP contribution in [0.2, 0.25) is 0 Å². The van der Waals surface area contributed by atoms with E-state index in [0.717, 1.165) is 42.6 Å². The molecular weight excluding hydrogens is 461 g/mol. The van der Waals surface area contributed by atoms with Gasteiger partial charge in [-0.1, -0.05) is 56.2 Å². The van der Waals surface area contributed by atoms with Crippen molar-refractivity contribution in [2.75, 3.05) is 11.4 Å². The number of para-hydroxylation sites is 1. The van der Waals surface area contributed by atoms with Crippen LogP contribution in [0.25, 0.3) is 0 Å². The third-order valence-corrected chi connectivity index (χ3v) is 6.44. The molecule has 0 bridgehead atoms. The number of anilines is 1. The van der Waals surface area contributed by atoms with E-state index in [9.17, 15) is 14.4 Å². The van der Waals surface area contributed by atoms with Crippen LogP contribution in [0.3, 0.4) is 0 Å². The first-order valence-corrected chi connectivity index (χ1v) is 12.3. The second-order valence-corrected chi connectivity index (χ2v) is 8.86. The lowest BCUT2D eigenvalue weighted by molar-refractivity contribution is -0.126. The van der Waals surface area contributed by atoms with Crippen LogP contribution in [0.15, 0.2) is 71.3 Å². The van der Waals surface area contributed by atoms with Gasteiger partial charge in [0.1, 0.15) is 11.9 Å².